The molecule has 104 valence electrons. The molecule has 2 aromatic heterocycles. The molecule has 0 aliphatic rings. The van der Waals surface area contributed by atoms with Crippen molar-refractivity contribution in [3.05, 3.63) is 58.5 Å². The number of nitrogens with zero attached hydrogens (tertiary/aromatic N) is 2. The smallest absolute Gasteiger partial charge is 0.337 e. The zero-order valence-electron chi connectivity index (χ0n) is 11.2. The number of carbonyl (C=O) groups is 1. The van der Waals surface area contributed by atoms with Crippen LogP contribution in [-0.4, -0.2) is 28.0 Å². The summed E-state index contributed by atoms with van der Waals surface area (Å²) in [6, 6.07) is 10.1. The molecular weight excluding hydrogens is 270 g/mol. The number of ether oxygens (including phenoxy) is 1. The third kappa shape index (κ3) is 2.38. The highest BCUT2D eigenvalue weighted by Gasteiger charge is 2.11. The lowest BCUT2D eigenvalue weighted by Gasteiger charge is -2.04. The molecule has 0 amide bonds. The maximum Gasteiger partial charge on any atom is 0.337 e. The molecule has 6 nitrogen and oxygen atoms in total. The zero-order chi connectivity index (χ0) is 14.8. The number of fused-ring (bicyclic) bond motifs is 1. The highest BCUT2D eigenvalue weighted by molar-refractivity contribution is 5.90. The van der Waals surface area contributed by atoms with Crippen LogP contribution in [0, 0.1) is 0 Å². The molecular formula is C15H11N3O3. The number of hydrogen-bond acceptors (Lipinski definition) is 5. The van der Waals surface area contributed by atoms with Gasteiger partial charge < -0.3 is 9.72 Å². The van der Waals surface area contributed by atoms with Gasteiger partial charge in [-0.05, 0) is 24.3 Å². The summed E-state index contributed by atoms with van der Waals surface area (Å²) >= 11 is 0. The van der Waals surface area contributed by atoms with Gasteiger partial charge in [0.05, 0.1) is 12.7 Å². The number of pyridine rings is 1. The first-order valence-electron chi connectivity index (χ1n) is 6.23. The normalized spacial score (nSPS) is 10.5. The Morgan fingerprint density at radius 3 is 2.90 bits per heavy atom. The molecule has 0 spiro atoms. The maximum absolute atomic E-state index is 12.1. The third-order valence-corrected chi connectivity index (χ3v) is 3.02. The fourth-order valence-corrected chi connectivity index (χ4v) is 2.03. The molecule has 2 heterocycles. The molecule has 1 N–H and O–H groups in total. The maximum atomic E-state index is 12.1. The molecule has 1 aromatic carbocycles. The van der Waals surface area contributed by atoms with Gasteiger partial charge in [0, 0.05) is 11.8 Å². The van der Waals surface area contributed by atoms with Gasteiger partial charge in [0.2, 0.25) is 0 Å². The average molecular weight is 281 g/mol. The molecule has 0 saturated heterocycles. The first-order valence-corrected chi connectivity index (χ1v) is 6.23. The Labute approximate surface area is 119 Å². The van der Waals surface area contributed by atoms with E-state index in [0.29, 0.717) is 22.3 Å². The van der Waals surface area contributed by atoms with E-state index in [1.807, 2.05) is 0 Å². The predicted molar refractivity (Wildman–Crippen MR) is 76.9 cm³/mol. The third-order valence-electron chi connectivity index (χ3n) is 3.02. The van der Waals surface area contributed by atoms with Crippen molar-refractivity contribution in [2.75, 3.05) is 7.11 Å². The van der Waals surface area contributed by atoms with E-state index in [1.54, 1.807) is 42.6 Å². The van der Waals surface area contributed by atoms with Crippen LogP contribution in [0.15, 0.2) is 47.4 Å². The summed E-state index contributed by atoms with van der Waals surface area (Å²) in [7, 11) is 1.31. The Hall–Kier alpha value is -3.02. The Morgan fingerprint density at radius 2 is 2.10 bits per heavy atom. The van der Waals surface area contributed by atoms with Crippen molar-refractivity contribution in [2.24, 2.45) is 0 Å². The molecule has 0 aliphatic heterocycles. The number of aromatic nitrogens is 3. The van der Waals surface area contributed by atoms with Gasteiger partial charge in [-0.25, -0.2) is 14.8 Å². The number of rotatable bonds is 2. The van der Waals surface area contributed by atoms with Gasteiger partial charge in [-0.15, -0.1) is 0 Å². The number of H-pyrrole nitrogens is 1. The van der Waals surface area contributed by atoms with E-state index in [2.05, 4.69) is 19.7 Å². The van der Waals surface area contributed by atoms with E-state index in [0.717, 1.165) is 0 Å². The molecule has 0 radical (unpaired) electrons. The number of benzene rings is 1. The van der Waals surface area contributed by atoms with Gasteiger partial charge in [-0.1, -0.05) is 12.1 Å². The van der Waals surface area contributed by atoms with E-state index in [4.69, 9.17) is 0 Å². The number of esters is 1. The number of methoxy groups -OCH3 is 1. The molecule has 0 unspecified atom stereocenters. The zero-order valence-corrected chi connectivity index (χ0v) is 11.2. The van der Waals surface area contributed by atoms with Crippen LogP contribution in [0.25, 0.3) is 22.4 Å². The number of hydrogen-bond donors (Lipinski definition) is 1. The second-order valence-corrected chi connectivity index (χ2v) is 4.36. The van der Waals surface area contributed by atoms with Gasteiger partial charge in [0.1, 0.15) is 11.2 Å². The Kier molecular flexibility index (Phi) is 3.19. The molecule has 3 rings (SSSR count). The molecule has 0 fully saturated rings. The quantitative estimate of drug-likeness (QED) is 0.724. The highest BCUT2D eigenvalue weighted by Crippen LogP contribution is 2.17. The number of carbonyl (C=O) groups excluding carboxylic acids is 1. The predicted octanol–water partition coefficient (Wildman–Crippen LogP) is 1.77. The fourth-order valence-electron chi connectivity index (χ4n) is 2.03. The first kappa shape index (κ1) is 13.0. The van der Waals surface area contributed by atoms with Crippen molar-refractivity contribution in [3.8, 4) is 11.3 Å². The minimum atomic E-state index is -0.462. The van der Waals surface area contributed by atoms with Gasteiger partial charge in [-0.2, -0.15) is 0 Å². The van der Waals surface area contributed by atoms with Crippen LogP contribution in [0.5, 0.6) is 0 Å². The summed E-state index contributed by atoms with van der Waals surface area (Å²) < 4.78 is 4.67. The summed E-state index contributed by atoms with van der Waals surface area (Å²) in [6.45, 7) is 0. The van der Waals surface area contributed by atoms with E-state index >= 15 is 0 Å². The van der Waals surface area contributed by atoms with Crippen LogP contribution in [0.4, 0.5) is 0 Å². The number of nitrogens with one attached hydrogen (secondary N) is 1. The lowest BCUT2D eigenvalue weighted by molar-refractivity contribution is 0.0601. The largest absolute Gasteiger partial charge is 0.465 e. The molecule has 6 heteroatoms. The minimum absolute atomic E-state index is 0.237. The van der Waals surface area contributed by atoms with Crippen molar-refractivity contribution < 1.29 is 9.53 Å². The van der Waals surface area contributed by atoms with Gasteiger partial charge in [0.15, 0.2) is 5.65 Å². The van der Waals surface area contributed by atoms with E-state index in [-0.39, 0.29) is 11.3 Å². The monoisotopic (exact) mass is 281 g/mol. The SMILES string of the molecule is COC(=O)c1cccc(-c2nc3cccnc3[nH]c2=O)c1. The van der Waals surface area contributed by atoms with Gasteiger partial charge in [0.25, 0.3) is 5.56 Å². The summed E-state index contributed by atoms with van der Waals surface area (Å²) in [5, 5.41) is 0. The Morgan fingerprint density at radius 1 is 1.24 bits per heavy atom. The lowest BCUT2D eigenvalue weighted by atomic mass is 10.1. The van der Waals surface area contributed by atoms with E-state index in [1.165, 1.54) is 7.11 Å². The molecule has 0 bridgehead atoms. The van der Waals surface area contributed by atoms with Crippen molar-refractivity contribution in [2.45, 2.75) is 0 Å². The molecule has 21 heavy (non-hydrogen) atoms. The first-order chi connectivity index (χ1) is 10.2. The van der Waals surface area contributed by atoms with Gasteiger partial charge >= 0.3 is 5.97 Å². The van der Waals surface area contributed by atoms with Crippen LogP contribution in [-0.2, 0) is 4.74 Å². The highest BCUT2D eigenvalue weighted by atomic mass is 16.5. The van der Waals surface area contributed by atoms with Gasteiger partial charge in [-0.3, -0.25) is 4.79 Å². The molecule has 0 aliphatic carbocycles. The minimum Gasteiger partial charge on any atom is -0.465 e. The van der Waals surface area contributed by atoms with Crippen LogP contribution >= 0.6 is 0 Å². The van der Waals surface area contributed by atoms with Crippen molar-refractivity contribution in [3.63, 3.8) is 0 Å². The summed E-state index contributed by atoms with van der Waals surface area (Å²) in [5.74, 6) is -0.462. The van der Waals surface area contributed by atoms with Crippen LogP contribution in [0.3, 0.4) is 0 Å². The van der Waals surface area contributed by atoms with Crippen LogP contribution < -0.4 is 5.56 Å². The van der Waals surface area contributed by atoms with Crippen LogP contribution in [0.2, 0.25) is 0 Å². The number of aromatic amines is 1. The summed E-state index contributed by atoms with van der Waals surface area (Å²) in [4.78, 5) is 34.7. The van der Waals surface area contributed by atoms with Crippen molar-refractivity contribution >= 4 is 17.1 Å². The molecule has 3 aromatic rings. The van der Waals surface area contributed by atoms with Crippen molar-refractivity contribution in [1.82, 2.24) is 15.0 Å². The Balaban J connectivity index is 2.18. The van der Waals surface area contributed by atoms with Crippen LogP contribution in [0.1, 0.15) is 10.4 Å². The van der Waals surface area contributed by atoms with E-state index in [9.17, 15) is 9.59 Å². The summed E-state index contributed by atoms with van der Waals surface area (Å²) in [6.07, 6.45) is 1.58. The second kappa shape index (κ2) is 5.16. The van der Waals surface area contributed by atoms with Crippen molar-refractivity contribution in [1.29, 1.82) is 0 Å². The standard InChI is InChI=1S/C15H11N3O3/c1-21-15(20)10-5-2-4-9(8-10)12-14(19)18-13-11(17-12)6-3-7-16-13/h2-8H,1H3,(H,16,18,19). The topological polar surface area (TPSA) is 84.9 Å². The summed E-state index contributed by atoms with van der Waals surface area (Å²) in [5.41, 5.74) is 1.79. The fraction of sp³-hybridized carbons (Fsp3) is 0.0667. The second-order valence-electron chi connectivity index (χ2n) is 4.36. The lowest BCUT2D eigenvalue weighted by Crippen LogP contribution is -2.12. The Bertz CT molecular complexity index is 886. The molecule has 0 saturated carbocycles. The molecule has 0 atom stereocenters. The van der Waals surface area contributed by atoms with E-state index < -0.39 is 5.97 Å². The average Bonchev–Trinajstić information content (AvgIpc) is 2.53.